The summed E-state index contributed by atoms with van der Waals surface area (Å²) in [5.74, 6) is 0. The Morgan fingerprint density at radius 3 is 2.33 bits per heavy atom. The lowest BCUT2D eigenvalue weighted by Gasteiger charge is -2.36. The van der Waals surface area contributed by atoms with Crippen LogP contribution >= 0.6 is 0 Å². The summed E-state index contributed by atoms with van der Waals surface area (Å²) in [4.78, 5) is 2.43. The SMILES string of the molecule is CCC(C)(C)N(C)CCCC(C)(CO)NC1CC1. The Morgan fingerprint density at radius 2 is 1.89 bits per heavy atom. The van der Waals surface area contributed by atoms with Gasteiger partial charge in [0, 0.05) is 17.1 Å². The summed E-state index contributed by atoms with van der Waals surface area (Å²) < 4.78 is 0. The maximum absolute atomic E-state index is 9.56. The molecule has 1 aliphatic rings. The maximum Gasteiger partial charge on any atom is 0.0610 e. The molecule has 1 saturated carbocycles. The molecule has 108 valence electrons. The second-order valence-electron chi connectivity index (χ2n) is 6.83. The van der Waals surface area contributed by atoms with Gasteiger partial charge in [-0.3, -0.25) is 0 Å². The molecule has 1 unspecified atom stereocenters. The van der Waals surface area contributed by atoms with Crippen LogP contribution in [0.3, 0.4) is 0 Å². The predicted octanol–water partition coefficient (Wildman–Crippen LogP) is 2.39. The van der Waals surface area contributed by atoms with Crippen LogP contribution < -0.4 is 5.32 Å². The summed E-state index contributed by atoms with van der Waals surface area (Å²) in [5, 5.41) is 13.1. The van der Waals surface area contributed by atoms with Gasteiger partial charge >= 0.3 is 0 Å². The first kappa shape index (κ1) is 15.9. The van der Waals surface area contributed by atoms with Crippen molar-refractivity contribution in [3.8, 4) is 0 Å². The van der Waals surface area contributed by atoms with Crippen LogP contribution in [0.1, 0.15) is 59.8 Å². The van der Waals surface area contributed by atoms with Crippen molar-refractivity contribution in [1.29, 1.82) is 0 Å². The van der Waals surface area contributed by atoms with Gasteiger partial charge in [0.05, 0.1) is 6.61 Å². The summed E-state index contributed by atoms with van der Waals surface area (Å²) in [6.45, 7) is 10.3. The largest absolute Gasteiger partial charge is 0.394 e. The highest BCUT2D eigenvalue weighted by molar-refractivity contribution is 4.92. The molecule has 1 atom stereocenters. The van der Waals surface area contributed by atoms with Crippen LogP contribution in [0, 0.1) is 0 Å². The van der Waals surface area contributed by atoms with E-state index in [1.165, 1.54) is 19.3 Å². The van der Waals surface area contributed by atoms with Gasteiger partial charge in [0.2, 0.25) is 0 Å². The van der Waals surface area contributed by atoms with Crippen LogP contribution in [0.4, 0.5) is 0 Å². The molecule has 0 saturated heterocycles. The molecule has 0 amide bonds. The third-order valence-corrected chi connectivity index (χ3v) is 4.60. The molecule has 18 heavy (non-hydrogen) atoms. The fraction of sp³-hybridized carbons (Fsp3) is 1.00. The minimum absolute atomic E-state index is 0.0850. The van der Waals surface area contributed by atoms with Crippen molar-refractivity contribution >= 4 is 0 Å². The van der Waals surface area contributed by atoms with Gasteiger partial charge in [-0.25, -0.2) is 0 Å². The zero-order chi connectivity index (χ0) is 13.8. The van der Waals surface area contributed by atoms with Crippen molar-refractivity contribution in [2.24, 2.45) is 0 Å². The molecule has 1 rings (SSSR count). The number of aliphatic hydroxyl groups is 1. The molecule has 3 nitrogen and oxygen atoms in total. The fourth-order valence-corrected chi connectivity index (χ4v) is 2.20. The molecule has 3 heteroatoms. The Morgan fingerprint density at radius 1 is 1.28 bits per heavy atom. The molecule has 0 radical (unpaired) electrons. The zero-order valence-electron chi connectivity index (χ0n) is 12.9. The third kappa shape index (κ3) is 4.87. The Bertz CT molecular complexity index is 251. The van der Waals surface area contributed by atoms with Crippen LogP contribution in [0.25, 0.3) is 0 Å². The Hall–Kier alpha value is -0.120. The van der Waals surface area contributed by atoms with E-state index in [9.17, 15) is 5.11 Å². The van der Waals surface area contributed by atoms with E-state index in [2.05, 4.69) is 45.0 Å². The first-order valence-corrected chi connectivity index (χ1v) is 7.43. The highest BCUT2D eigenvalue weighted by Gasteiger charge is 2.31. The number of rotatable bonds is 9. The average Bonchev–Trinajstić information content (AvgIpc) is 3.12. The molecule has 1 fully saturated rings. The van der Waals surface area contributed by atoms with E-state index in [1.807, 2.05) is 0 Å². The van der Waals surface area contributed by atoms with Crippen molar-refractivity contribution in [2.45, 2.75) is 76.9 Å². The van der Waals surface area contributed by atoms with Gasteiger partial charge in [-0.1, -0.05) is 6.92 Å². The Kier molecular flexibility index (Phi) is 5.63. The van der Waals surface area contributed by atoms with Crippen LogP contribution in [0.15, 0.2) is 0 Å². The quantitative estimate of drug-likeness (QED) is 0.665. The van der Waals surface area contributed by atoms with E-state index in [4.69, 9.17) is 0 Å². The van der Waals surface area contributed by atoms with Gasteiger partial charge in [0.1, 0.15) is 0 Å². The lowest BCUT2D eigenvalue weighted by Crippen LogP contribution is -2.48. The smallest absolute Gasteiger partial charge is 0.0610 e. The van der Waals surface area contributed by atoms with Crippen molar-refractivity contribution in [2.75, 3.05) is 20.2 Å². The van der Waals surface area contributed by atoms with Crippen molar-refractivity contribution in [3.63, 3.8) is 0 Å². The van der Waals surface area contributed by atoms with Crippen molar-refractivity contribution < 1.29 is 5.11 Å². The summed E-state index contributed by atoms with van der Waals surface area (Å²) >= 11 is 0. The van der Waals surface area contributed by atoms with E-state index >= 15 is 0 Å². The summed E-state index contributed by atoms with van der Waals surface area (Å²) in [6.07, 6.45) is 5.90. The number of nitrogens with zero attached hydrogens (tertiary/aromatic N) is 1. The highest BCUT2D eigenvalue weighted by atomic mass is 16.3. The average molecular weight is 256 g/mol. The van der Waals surface area contributed by atoms with E-state index in [0.717, 1.165) is 19.4 Å². The second kappa shape index (κ2) is 6.36. The van der Waals surface area contributed by atoms with Crippen molar-refractivity contribution in [3.05, 3.63) is 0 Å². The minimum atomic E-state index is -0.0850. The number of nitrogens with one attached hydrogen (secondary N) is 1. The number of hydrogen-bond donors (Lipinski definition) is 2. The molecule has 0 aliphatic heterocycles. The summed E-state index contributed by atoms with van der Waals surface area (Å²) in [6, 6.07) is 0.659. The molecule has 0 aromatic rings. The van der Waals surface area contributed by atoms with Gasteiger partial charge < -0.3 is 15.3 Å². The van der Waals surface area contributed by atoms with E-state index in [1.54, 1.807) is 0 Å². The maximum atomic E-state index is 9.56. The van der Waals surface area contributed by atoms with Crippen LogP contribution in [0.2, 0.25) is 0 Å². The fourth-order valence-electron chi connectivity index (χ4n) is 2.20. The Balaban J connectivity index is 2.30. The van der Waals surface area contributed by atoms with Crippen LogP contribution in [-0.4, -0.2) is 47.3 Å². The van der Waals surface area contributed by atoms with Gasteiger partial charge in [-0.2, -0.15) is 0 Å². The molecular weight excluding hydrogens is 224 g/mol. The first-order valence-electron chi connectivity index (χ1n) is 7.43. The molecule has 0 bridgehead atoms. The number of aliphatic hydroxyl groups excluding tert-OH is 1. The van der Waals surface area contributed by atoms with Crippen LogP contribution in [0.5, 0.6) is 0 Å². The summed E-state index contributed by atoms with van der Waals surface area (Å²) in [5.41, 5.74) is 0.192. The lowest BCUT2D eigenvalue weighted by molar-refractivity contribution is 0.127. The van der Waals surface area contributed by atoms with Gasteiger partial charge in [-0.15, -0.1) is 0 Å². The van der Waals surface area contributed by atoms with Crippen LogP contribution in [-0.2, 0) is 0 Å². The molecule has 0 heterocycles. The van der Waals surface area contributed by atoms with Gasteiger partial charge in [0.25, 0.3) is 0 Å². The van der Waals surface area contributed by atoms with Gasteiger partial charge in [-0.05, 0) is 66.5 Å². The molecule has 0 aromatic heterocycles. The molecule has 0 aromatic carbocycles. The van der Waals surface area contributed by atoms with E-state index in [0.29, 0.717) is 6.04 Å². The van der Waals surface area contributed by atoms with E-state index < -0.39 is 0 Å². The molecule has 0 spiro atoms. The normalized spacial score (nSPS) is 20.2. The Labute approximate surface area is 113 Å². The zero-order valence-corrected chi connectivity index (χ0v) is 12.9. The van der Waals surface area contributed by atoms with E-state index in [-0.39, 0.29) is 17.7 Å². The number of hydrogen-bond acceptors (Lipinski definition) is 3. The molecule has 2 N–H and O–H groups in total. The monoisotopic (exact) mass is 256 g/mol. The topological polar surface area (TPSA) is 35.5 Å². The molecular formula is C15H32N2O. The molecule has 1 aliphatic carbocycles. The first-order chi connectivity index (χ1) is 8.33. The van der Waals surface area contributed by atoms with Crippen molar-refractivity contribution in [1.82, 2.24) is 10.2 Å². The lowest BCUT2D eigenvalue weighted by atomic mass is 9.95. The highest BCUT2D eigenvalue weighted by Crippen LogP contribution is 2.25. The van der Waals surface area contributed by atoms with Gasteiger partial charge in [0.15, 0.2) is 0 Å². The second-order valence-corrected chi connectivity index (χ2v) is 6.83. The minimum Gasteiger partial charge on any atom is -0.394 e. The third-order valence-electron chi connectivity index (χ3n) is 4.60. The predicted molar refractivity (Wildman–Crippen MR) is 77.9 cm³/mol. The summed E-state index contributed by atoms with van der Waals surface area (Å²) in [7, 11) is 2.20. The standard InChI is InChI=1S/C15H32N2O/c1-6-14(2,3)17(5)11-7-10-15(4,12-18)16-13-8-9-13/h13,16,18H,6-12H2,1-5H3.